The van der Waals surface area contributed by atoms with E-state index in [0.29, 0.717) is 35.6 Å². The van der Waals surface area contributed by atoms with Crippen LogP contribution in [0, 0.1) is 11.6 Å². The van der Waals surface area contributed by atoms with Crippen LogP contribution in [0.3, 0.4) is 0 Å². The van der Waals surface area contributed by atoms with Crippen LogP contribution in [0.2, 0.25) is 0 Å². The topological polar surface area (TPSA) is 108 Å². The Morgan fingerprint density at radius 3 is 2.45 bits per heavy atom. The number of halogens is 2. The van der Waals surface area contributed by atoms with Crippen LogP contribution < -0.4 is 10.5 Å². The summed E-state index contributed by atoms with van der Waals surface area (Å²) in [6.45, 7) is 6.54. The fraction of sp³-hybridized carbons (Fsp3) is 0.333. The Balaban J connectivity index is 1.44. The van der Waals surface area contributed by atoms with Gasteiger partial charge in [0.15, 0.2) is 5.65 Å². The third-order valence-electron chi connectivity index (χ3n) is 6.11. The number of nitrogens with zero attached hydrogens (tertiary/aromatic N) is 5. The van der Waals surface area contributed by atoms with Crippen LogP contribution in [0.25, 0.3) is 22.3 Å². The molecule has 0 bridgehead atoms. The summed E-state index contributed by atoms with van der Waals surface area (Å²) in [5.41, 5.74) is 7.55. The van der Waals surface area contributed by atoms with Crippen molar-refractivity contribution in [3.8, 4) is 22.8 Å². The molecular formula is C27H28F2N6O3. The highest BCUT2D eigenvalue weighted by atomic mass is 19.1. The van der Waals surface area contributed by atoms with Gasteiger partial charge < -0.3 is 20.1 Å². The molecule has 1 amide bonds. The van der Waals surface area contributed by atoms with E-state index in [4.69, 9.17) is 20.3 Å². The predicted molar refractivity (Wildman–Crippen MR) is 138 cm³/mol. The second-order valence-electron chi connectivity index (χ2n) is 10.2. The van der Waals surface area contributed by atoms with Crippen molar-refractivity contribution < 1.29 is 23.0 Å². The Kier molecular flexibility index (Phi) is 6.60. The number of hydrogen-bond acceptors (Lipinski definition) is 7. The number of piperidine rings is 1. The second-order valence-corrected chi connectivity index (χ2v) is 10.2. The van der Waals surface area contributed by atoms with Crippen LogP contribution in [0.5, 0.6) is 11.5 Å². The number of aromatic nitrogens is 4. The molecule has 1 fully saturated rings. The lowest BCUT2D eigenvalue weighted by molar-refractivity contribution is 0.0169. The number of anilines is 1. The van der Waals surface area contributed by atoms with E-state index in [1.165, 1.54) is 6.33 Å². The molecule has 0 unspecified atom stereocenters. The van der Waals surface area contributed by atoms with Gasteiger partial charge in [0.1, 0.15) is 46.6 Å². The number of likely N-dealkylation sites (tertiary alicyclic amines) is 1. The van der Waals surface area contributed by atoms with Gasteiger partial charge in [0.2, 0.25) is 0 Å². The fourth-order valence-corrected chi connectivity index (χ4v) is 4.50. The number of ether oxygens (including phenoxy) is 2. The van der Waals surface area contributed by atoms with E-state index in [-0.39, 0.29) is 23.7 Å². The van der Waals surface area contributed by atoms with Gasteiger partial charge in [-0.2, -0.15) is 5.10 Å². The highest BCUT2D eigenvalue weighted by Gasteiger charge is 2.31. The number of carbonyl (C=O) groups is 1. The van der Waals surface area contributed by atoms with Crippen molar-refractivity contribution in [1.29, 1.82) is 0 Å². The highest BCUT2D eigenvalue weighted by molar-refractivity contribution is 5.98. The zero-order valence-electron chi connectivity index (χ0n) is 21.3. The molecule has 1 saturated heterocycles. The van der Waals surface area contributed by atoms with Crippen LogP contribution in [0.15, 0.2) is 48.8 Å². The molecule has 4 aromatic rings. The van der Waals surface area contributed by atoms with Gasteiger partial charge in [-0.25, -0.2) is 28.2 Å². The lowest BCUT2D eigenvalue weighted by Crippen LogP contribution is -2.43. The second kappa shape index (κ2) is 9.88. The van der Waals surface area contributed by atoms with Crippen LogP contribution in [-0.2, 0) is 4.74 Å². The molecule has 0 radical (unpaired) electrons. The van der Waals surface area contributed by atoms with Gasteiger partial charge in [-0.3, -0.25) is 0 Å². The van der Waals surface area contributed by atoms with Crippen molar-refractivity contribution in [1.82, 2.24) is 24.6 Å². The van der Waals surface area contributed by atoms with E-state index >= 15 is 0 Å². The molecule has 0 saturated carbocycles. The van der Waals surface area contributed by atoms with Gasteiger partial charge in [0.25, 0.3) is 0 Å². The predicted octanol–water partition coefficient (Wildman–Crippen LogP) is 5.72. The lowest BCUT2D eigenvalue weighted by atomic mass is 10.1. The first-order valence-electron chi connectivity index (χ1n) is 12.3. The Labute approximate surface area is 218 Å². The van der Waals surface area contributed by atoms with E-state index in [1.54, 1.807) is 33.8 Å². The largest absolute Gasteiger partial charge is 0.457 e. The first-order valence-corrected chi connectivity index (χ1v) is 12.3. The molecule has 1 aliphatic heterocycles. The van der Waals surface area contributed by atoms with Crippen LogP contribution >= 0.6 is 0 Å². The van der Waals surface area contributed by atoms with Crippen molar-refractivity contribution >= 4 is 22.9 Å². The van der Waals surface area contributed by atoms with E-state index in [0.717, 1.165) is 36.6 Å². The smallest absolute Gasteiger partial charge is 0.410 e. The maximum atomic E-state index is 13.5. The number of amides is 1. The zero-order chi connectivity index (χ0) is 27.0. The third-order valence-corrected chi connectivity index (χ3v) is 6.11. The Morgan fingerprint density at radius 2 is 1.76 bits per heavy atom. The quantitative estimate of drug-likeness (QED) is 0.365. The standard InChI is InChI=1S/C27H28F2N6O3/c1-27(2,3)38-26(36)34-10-4-5-19(14-34)35-25-22(24(30)31-15-32-25)23(33-35)16-6-8-20(9-7-16)37-21-12-17(28)11-18(29)13-21/h6-9,11-13,15,19H,4-5,10,14H2,1-3H3,(H2,30,31,32)/t19-/m1/s1. The van der Waals surface area contributed by atoms with Gasteiger partial charge in [-0.1, -0.05) is 0 Å². The summed E-state index contributed by atoms with van der Waals surface area (Å²) in [7, 11) is 0. The van der Waals surface area contributed by atoms with Crippen molar-refractivity contribution in [3.63, 3.8) is 0 Å². The maximum absolute atomic E-state index is 13.5. The summed E-state index contributed by atoms with van der Waals surface area (Å²) in [4.78, 5) is 23.0. The van der Waals surface area contributed by atoms with E-state index in [9.17, 15) is 13.6 Å². The lowest BCUT2D eigenvalue weighted by Gasteiger charge is -2.34. The number of carbonyl (C=O) groups excluding carboxylic acids is 1. The van der Waals surface area contributed by atoms with Gasteiger partial charge in [-0.05, 0) is 57.9 Å². The minimum absolute atomic E-state index is 0.0504. The van der Waals surface area contributed by atoms with E-state index in [1.807, 2.05) is 20.8 Å². The summed E-state index contributed by atoms with van der Waals surface area (Å²) >= 11 is 0. The average Bonchev–Trinajstić information content (AvgIpc) is 3.24. The number of nitrogens with two attached hydrogens (primary N) is 1. The van der Waals surface area contributed by atoms with Gasteiger partial charge >= 0.3 is 6.09 Å². The minimum atomic E-state index is -0.725. The van der Waals surface area contributed by atoms with Crippen LogP contribution in [0.1, 0.15) is 39.7 Å². The molecule has 1 aliphatic rings. The minimum Gasteiger partial charge on any atom is -0.457 e. The number of benzene rings is 2. The number of rotatable bonds is 4. The SMILES string of the molecule is CC(C)(C)OC(=O)N1CCC[C@@H](n2nc(-c3ccc(Oc4cc(F)cc(F)c4)cc3)c3c(N)ncnc32)C1. The van der Waals surface area contributed by atoms with E-state index < -0.39 is 17.2 Å². The summed E-state index contributed by atoms with van der Waals surface area (Å²) in [5, 5.41) is 5.46. The molecule has 38 heavy (non-hydrogen) atoms. The normalized spacial score (nSPS) is 16.0. The Morgan fingerprint density at radius 1 is 1.05 bits per heavy atom. The third kappa shape index (κ3) is 5.36. The molecule has 2 N–H and O–H groups in total. The number of nitrogen functional groups attached to an aromatic ring is 1. The molecule has 3 heterocycles. The first-order chi connectivity index (χ1) is 18.1. The van der Waals surface area contributed by atoms with Crippen molar-refractivity contribution in [2.24, 2.45) is 0 Å². The Bertz CT molecular complexity index is 1460. The summed E-state index contributed by atoms with van der Waals surface area (Å²) in [6, 6.07) is 9.76. The molecule has 5 rings (SSSR count). The molecule has 198 valence electrons. The fourth-order valence-electron chi connectivity index (χ4n) is 4.50. The molecule has 9 nitrogen and oxygen atoms in total. The van der Waals surface area contributed by atoms with Crippen LogP contribution in [-0.4, -0.2) is 49.4 Å². The molecular weight excluding hydrogens is 494 g/mol. The average molecular weight is 523 g/mol. The molecule has 0 aliphatic carbocycles. The van der Waals surface area contributed by atoms with Crippen LogP contribution in [0.4, 0.5) is 19.4 Å². The zero-order valence-corrected chi connectivity index (χ0v) is 21.3. The van der Waals surface area contributed by atoms with Crippen molar-refractivity contribution in [2.45, 2.75) is 45.3 Å². The molecule has 1 atom stereocenters. The summed E-state index contributed by atoms with van der Waals surface area (Å²) in [6.07, 6.45) is 2.62. The number of fused-ring (bicyclic) bond motifs is 1. The van der Waals surface area contributed by atoms with Crippen molar-refractivity contribution in [2.75, 3.05) is 18.8 Å². The monoisotopic (exact) mass is 522 g/mol. The highest BCUT2D eigenvalue weighted by Crippen LogP contribution is 2.35. The van der Waals surface area contributed by atoms with E-state index in [2.05, 4.69) is 9.97 Å². The number of hydrogen-bond donors (Lipinski definition) is 1. The van der Waals surface area contributed by atoms with Gasteiger partial charge in [0.05, 0.1) is 11.4 Å². The molecule has 2 aromatic heterocycles. The molecule has 0 spiro atoms. The Hall–Kier alpha value is -4.28. The summed E-state index contributed by atoms with van der Waals surface area (Å²) < 4.78 is 40.0. The summed E-state index contributed by atoms with van der Waals surface area (Å²) in [5.74, 6) is -0.720. The first kappa shape index (κ1) is 25.4. The van der Waals surface area contributed by atoms with Gasteiger partial charge in [0, 0.05) is 36.9 Å². The van der Waals surface area contributed by atoms with Gasteiger partial charge in [-0.15, -0.1) is 0 Å². The molecule has 11 heteroatoms. The maximum Gasteiger partial charge on any atom is 0.410 e. The van der Waals surface area contributed by atoms with Crippen molar-refractivity contribution in [3.05, 3.63) is 60.4 Å². The molecule has 2 aromatic carbocycles.